The van der Waals surface area contributed by atoms with Gasteiger partial charge in [0.1, 0.15) is 25.1 Å². The van der Waals surface area contributed by atoms with Crippen molar-refractivity contribution >= 4 is 5.91 Å². The molecular formula is C19H19NO4. The zero-order valence-electron chi connectivity index (χ0n) is 13.2. The van der Waals surface area contributed by atoms with Crippen molar-refractivity contribution < 1.29 is 19.0 Å². The highest BCUT2D eigenvalue weighted by molar-refractivity contribution is 5.79. The Kier molecular flexibility index (Phi) is 3.99. The largest absolute Gasteiger partial charge is 0.492 e. The van der Waals surface area contributed by atoms with Gasteiger partial charge in [-0.2, -0.15) is 0 Å². The Bertz CT molecular complexity index is 746. The highest BCUT2D eigenvalue weighted by Gasteiger charge is 2.27. The molecule has 2 heterocycles. The van der Waals surface area contributed by atoms with Crippen molar-refractivity contribution in [1.82, 2.24) is 5.32 Å². The van der Waals surface area contributed by atoms with Crippen LogP contribution in [0.4, 0.5) is 0 Å². The van der Waals surface area contributed by atoms with Gasteiger partial charge in [-0.1, -0.05) is 30.3 Å². The summed E-state index contributed by atoms with van der Waals surface area (Å²) in [7, 11) is 0. The molecule has 0 aliphatic carbocycles. The standard InChI is InChI=1S/C19H19NO4/c21-19(14-9-13-5-1-2-6-16(13)22-11-14)20-10-15-12-23-17-7-3-4-8-18(17)24-15/h1-8,14-15H,9-12H2,(H,20,21). The van der Waals surface area contributed by atoms with Gasteiger partial charge in [-0.25, -0.2) is 0 Å². The zero-order chi connectivity index (χ0) is 16.4. The zero-order valence-corrected chi connectivity index (χ0v) is 13.2. The fourth-order valence-corrected chi connectivity index (χ4v) is 3.02. The fourth-order valence-electron chi connectivity index (χ4n) is 3.02. The summed E-state index contributed by atoms with van der Waals surface area (Å²) in [5.41, 5.74) is 1.08. The number of rotatable bonds is 3. The quantitative estimate of drug-likeness (QED) is 0.940. The van der Waals surface area contributed by atoms with E-state index in [2.05, 4.69) is 5.32 Å². The summed E-state index contributed by atoms with van der Waals surface area (Å²) in [6, 6.07) is 15.4. The molecule has 5 nitrogen and oxygen atoms in total. The number of amides is 1. The number of nitrogens with one attached hydrogen (secondary N) is 1. The molecule has 5 heteroatoms. The Morgan fingerprint density at radius 3 is 2.54 bits per heavy atom. The molecule has 0 bridgehead atoms. The van der Waals surface area contributed by atoms with Crippen LogP contribution in [0.1, 0.15) is 5.56 Å². The molecule has 0 radical (unpaired) electrons. The van der Waals surface area contributed by atoms with Gasteiger partial charge in [0, 0.05) is 0 Å². The molecule has 0 saturated heterocycles. The van der Waals surface area contributed by atoms with E-state index in [1.165, 1.54) is 0 Å². The number of hydrogen-bond donors (Lipinski definition) is 1. The molecule has 0 aromatic heterocycles. The van der Waals surface area contributed by atoms with Gasteiger partial charge in [0.2, 0.25) is 5.91 Å². The summed E-state index contributed by atoms with van der Waals surface area (Å²) in [5, 5.41) is 2.96. The first-order valence-electron chi connectivity index (χ1n) is 8.16. The maximum atomic E-state index is 12.4. The molecular weight excluding hydrogens is 306 g/mol. The summed E-state index contributed by atoms with van der Waals surface area (Å²) in [6.45, 7) is 1.26. The third-order valence-electron chi connectivity index (χ3n) is 4.32. The van der Waals surface area contributed by atoms with Crippen molar-refractivity contribution in [3.63, 3.8) is 0 Å². The minimum Gasteiger partial charge on any atom is -0.492 e. The van der Waals surface area contributed by atoms with Gasteiger partial charge in [0.05, 0.1) is 12.5 Å². The molecule has 0 fully saturated rings. The smallest absolute Gasteiger partial charge is 0.227 e. The first kappa shape index (κ1) is 14.9. The fraction of sp³-hybridized carbons (Fsp3) is 0.316. The van der Waals surface area contributed by atoms with Crippen molar-refractivity contribution in [1.29, 1.82) is 0 Å². The molecule has 2 aliphatic rings. The number of carbonyl (C=O) groups excluding carboxylic acids is 1. The topological polar surface area (TPSA) is 56.8 Å². The Hall–Kier alpha value is -2.69. The predicted molar refractivity (Wildman–Crippen MR) is 88.5 cm³/mol. The molecule has 0 saturated carbocycles. The first-order chi connectivity index (χ1) is 11.8. The first-order valence-corrected chi connectivity index (χ1v) is 8.16. The average Bonchev–Trinajstić information content (AvgIpc) is 2.65. The summed E-state index contributed by atoms with van der Waals surface area (Å²) >= 11 is 0. The third-order valence-corrected chi connectivity index (χ3v) is 4.32. The molecule has 2 atom stereocenters. The molecule has 2 aromatic rings. The highest BCUT2D eigenvalue weighted by Crippen LogP contribution is 2.31. The second kappa shape index (κ2) is 6.43. The summed E-state index contributed by atoms with van der Waals surface area (Å²) in [5.74, 6) is 2.17. The monoisotopic (exact) mass is 325 g/mol. The number of hydrogen-bond acceptors (Lipinski definition) is 4. The molecule has 0 spiro atoms. The van der Waals surface area contributed by atoms with Crippen LogP contribution in [-0.4, -0.2) is 31.8 Å². The van der Waals surface area contributed by atoms with E-state index in [-0.39, 0.29) is 17.9 Å². The lowest BCUT2D eigenvalue weighted by molar-refractivity contribution is -0.126. The number of fused-ring (bicyclic) bond motifs is 2. The van der Waals surface area contributed by atoms with Gasteiger partial charge in [-0.05, 0) is 30.2 Å². The second-order valence-corrected chi connectivity index (χ2v) is 6.06. The van der Waals surface area contributed by atoms with E-state index >= 15 is 0 Å². The number of benzene rings is 2. The molecule has 2 aromatic carbocycles. The van der Waals surface area contributed by atoms with Gasteiger partial charge in [0.25, 0.3) is 0 Å². The van der Waals surface area contributed by atoms with Crippen LogP contribution in [0.2, 0.25) is 0 Å². The molecule has 4 rings (SSSR count). The van der Waals surface area contributed by atoms with E-state index in [4.69, 9.17) is 14.2 Å². The third kappa shape index (κ3) is 3.02. The van der Waals surface area contributed by atoms with Crippen LogP contribution in [0.3, 0.4) is 0 Å². The molecule has 124 valence electrons. The Labute approximate surface area is 140 Å². The van der Waals surface area contributed by atoms with Gasteiger partial charge in [-0.3, -0.25) is 4.79 Å². The molecule has 2 unspecified atom stereocenters. The highest BCUT2D eigenvalue weighted by atomic mass is 16.6. The lowest BCUT2D eigenvalue weighted by atomic mass is 9.96. The summed E-state index contributed by atoms with van der Waals surface area (Å²) in [6.07, 6.45) is 0.521. The Morgan fingerprint density at radius 1 is 0.958 bits per heavy atom. The molecule has 2 aliphatic heterocycles. The van der Waals surface area contributed by atoms with E-state index in [9.17, 15) is 4.79 Å². The SMILES string of the molecule is O=C(NCC1COc2ccccc2O1)C1COc2ccccc2C1. The van der Waals surface area contributed by atoms with Crippen LogP contribution < -0.4 is 19.5 Å². The van der Waals surface area contributed by atoms with E-state index in [1.54, 1.807) is 0 Å². The Balaban J connectivity index is 1.32. The summed E-state index contributed by atoms with van der Waals surface area (Å²) in [4.78, 5) is 12.4. The maximum Gasteiger partial charge on any atom is 0.227 e. The second-order valence-electron chi connectivity index (χ2n) is 6.06. The van der Waals surface area contributed by atoms with Crippen LogP contribution in [-0.2, 0) is 11.2 Å². The van der Waals surface area contributed by atoms with Gasteiger partial charge in [0.15, 0.2) is 11.5 Å². The van der Waals surface area contributed by atoms with Gasteiger partial charge in [-0.15, -0.1) is 0 Å². The lowest BCUT2D eigenvalue weighted by Crippen LogP contribution is -2.44. The normalized spacial score (nSPS) is 21.3. The van der Waals surface area contributed by atoms with E-state index in [0.29, 0.717) is 26.2 Å². The van der Waals surface area contributed by atoms with Crippen LogP contribution in [0.15, 0.2) is 48.5 Å². The van der Waals surface area contributed by atoms with E-state index in [1.807, 2.05) is 48.5 Å². The van der Waals surface area contributed by atoms with Gasteiger partial charge >= 0.3 is 0 Å². The minimum absolute atomic E-state index is 0.00744. The van der Waals surface area contributed by atoms with Crippen LogP contribution in [0, 0.1) is 5.92 Å². The Morgan fingerprint density at radius 2 is 1.67 bits per heavy atom. The maximum absolute atomic E-state index is 12.4. The molecule has 1 amide bonds. The number of ether oxygens (including phenoxy) is 3. The number of carbonyl (C=O) groups is 1. The summed E-state index contributed by atoms with van der Waals surface area (Å²) < 4.78 is 17.2. The van der Waals surface area contributed by atoms with Crippen LogP contribution in [0.5, 0.6) is 17.2 Å². The van der Waals surface area contributed by atoms with Gasteiger partial charge < -0.3 is 19.5 Å². The molecule has 1 N–H and O–H groups in total. The van der Waals surface area contributed by atoms with Crippen molar-refractivity contribution in [3.05, 3.63) is 54.1 Å². The van der Waals surface area contributed by atoms with Crippen molar-refractivity contribution in [2.75, 3.05) is 19.8 Å². The van der Waals surface area contributed by atoms with E-state index < -0.39 is 0 Å². The molecule has 24 heavy (non-hydrogen) atoms. The predicted octanol–water partition coefficient (Wildman–Crippen LogP) is 2.19. The lowest BCUT2D eigenvalue weighted by Gasteiger charge is -2.28. The minimum atomic E-state index is -0.180. The van der Waals surface area contributed by atoms with Crippen LogP contribution in [0.25, 0.3) is 0 Å². The van der Waals surface area contributed by atoms with Crippen molar-refractivity contribution in [2.45, 2.75) is 12.5 Å². The number of para-hydroxylation sites is 3. The average molecular weight is 325 g/mol. The van der Waals surface area contributed by atoms with Crippen molar-refractivity contribution in [3.8, 4) is 17.2 Å². The van der Waals surface area contributed by atoms with Crippen LogP contribution >= 0.6 is 0 Å². The van der Waals surface area contributed by atoms with Crippen molar-refractivity contribution in [2.24, 2.45) is 5.92 Å². The van der Waals surface area contributed by atoms with E-state index in [0.717, 1.165) is 22.8 Å².